The zero-order chi connectivity index (χ0) is 21.3. The molecule has 3 aromatic rings. The van der Waals surface area contributed by atoms with Crippen LogP contribution < -0.4 is 10.6 Å². The Morgan fingerprint density at radius 1 is 1.17 bits per heavy atom. The third-order valence-electron chi connectivity index (χ3n) is 5.74. The minimum Gasteiger partial charge on any atom is -0.394 e. The molecule has 1 aliphatic rings. The number of halogens is 2. The van der Waals surface area contributed by atoms with E-state index in [0.717, 1.165) is 41.9 Å². The van der Waals surface area contributed by atoms with Crippen LogP contribution >= 0.6 is 0 Å². The maximum atomic E-state index is 13.5. The van der Waals surface area contributed by atoms with Gasteiger partial charge in [0.05, 0.1) is 12.6 Å². The highest BCUT2D eigenvalue weighted by molar-refractivity contribution is 6.02. The minimum absolute atomic E-state index is 0.0226. The van der Waals surface area contributed by atoms with Crippen LogP contribution in [-0.2, 0) is 5.92 Å². The van der Waals surface area contributed by atoms with Gasteiger partial charge >= 0.3 is 0 Å². The quantitative estimate of drug-likeness (QED) is 0.577. The second-order valence-electron chi connectivity index (χ2n) is 7.89. The van der Waals surface area contributed by atoms with Gasteiger partial charge in [0.2, 0.25) is 0 Å². The average Bonchev–Trinajstić information content (AvgIpc) is 2.70. The van der Waals surface area contributed by atoms with Crippen molar-refractivity contribution in [3.8, 4) is 11.1 Å². The van der Waals surface area contributed by atoms with E-state index in [1.54, 1.807) is 18.2 Å². The van der Waals surface area contributed by atoms with Crippen molar-refractivity contribution >= 4 is 16.7 Å². The normalized spacial score (nSPS) is 15.6. The van der Waals surface area contributed by atoms with Gasteiger partial charge in [0.1, 0.15) is 0 Å². The van der Waals surface area contributed by atoms with Crippen molar-refractivity contribution in [3.05, 3.63) is 71.8 Å². The maximum absolute atomic E-state index is 13.5. The molecule has 0 aromatic heterocycles. The molecule has 1 heterocycles. The molecule has 1 unspecified atom stereocenters. The zero-order valence-corrected chi connectivity index (χ0v) is 16.7. The van der Waals surface area contributed by atoms with E-state index < -0.39 is 5.92 Å². The van der Waals surface area contributed by atoms with Gasteiger partial charge in [0.15, 0.2) is 0 Å². The highest BCUT2D eigenvalue weighted by atomic mass is 19.3. The Morgan fingerprint density at radius 2 is 1.90 bits per heavy atom. The predicted octanol–water partition coefficient (Wildman–Crippen LogP) is 3.93. The smallest absolute Gasteiger partial charge is 0.270 e. The first-order valence-corrected chi connectivity index (χ1v) is 10.0. The fourth-order valence-electron chi connectivity index (χ4n) is 3.78. The highest BCUT2D eigenvalue weighted by Gasteiger charge is 2.28. The third kappa shape index (κ3) is 4.06. The van der Waals surface area contributed by atoms with Gasteiger partial charge < -0.3 is 15.7 Å². The van der Waals surface area contributed by atoms with Crippen molar-refractivity contribution in [1.82, 2.24) is 10.6 Å². The SMILES string of the molecule is CC(F)(F)c1ccc(-c2cccc3cc(C(=O)NC(CO)C4CNC4)ccc23)cc1. The van der Waals surface area contributed by atoms with Crippen LogP contribution in [-0.4, -0.2) is 36.8 Å². The Hall–Kier alpha value is -2.83. The Kier molecular flexibility index (Phi) is 5.54. The molecule has 0 radical (unpaired) electrons. The molecule has 6 heteroatoms. The van der Waals surface area contributed by atoms with E-state index in [2.05, 4.69) is 10.6 Å². The predicted molar refractivity (Wildman–Crippen MR) is 114 cm³/mol. The number of carbonyl (C=O) groups excluding carboxylic acids is 1. The van der Waals surface area contributed by atoms with Crippen molar-refractivity contribution in [2.45, 2.75) is 18.9 Å². The van der Waals surface area contributed by atoms with Gasteiger partial charge in [0.25, 0.3) is 11.8 Å². The number of rotatable bonds is 6. The lowest BCUT2D eigenvalue weighted by Crippen LogP contribution is -2.56. The van der Waals surface area contributed by atoms with E-state index in [0.29, 0.717) is 5.56 Å². The minimum atomic E-state index is -2.87. The number of benzene rings is 3. The van der Waals surface area contributed by atoms with Crippen molar-refractivity contribution in [3.63, 3.8) is 0 Å². The van der Waals surface area contributed by atoms with Crippen molar-refractivity contribution < 1.29 is 18.7 Å². The van der Waals surface area contributed by atoms with Gasteiger partial charge in [-0.15, -0.1) is 0 Å². The molecule has 1 fully saturated rings. The lowest BCUT2D eigenvalue weighted by atomic mass is 9.93. The summed E-state index contributed by atoms with van der Waals surface area (Å²) in [6.45, 7) is 2.36. The number of amides is 1. The monoisotopic (exact) mass is 410 g/mol. The Balaban J connectivity index is 1.61. The summed E-state index contributed by atoms with van der Waals surface area (Å²) in [6, 6.07) is 17.2. The molecule has 4 rings (SSSR count). The Morgan fingerprint density at radius 3 is 2.50 bits per heavy atom. The van der Waals surface area contributed by atoms with E-state index in [4.69, 9.17) is 0 Å². The van der Waals surface area contributed by atoms with Crippen molar-refractivity contribution in [1.29, 1.82) is 0 Å². The van der Waals surface area contributed by atoms with Gasteiger partial charge in [-0.2, -0.15) is 0 Å². The van der Waals surface area contributed by atoms with E-state index in [9.17, 15) is 18.7 Å². The number of alkyl halides is 2. The summed E-state index contributed by atoms with van der Waals surface area (Å²) in [7, 11) is 0. The molecule has 1 aliphatic heterocycles. The molecule has 156 valence electrons. The van der Waals surface area contributed by atoms with Gasteiger partial charge in [-0.25, -0.2) is 8.78 Å². The van der Waals surface area contributed by atoms with E-state index in [-0.39, 0.29) is 30.0 Å². The molecule has 3 aromatic carbocycles. The van der Waals surface area contributed by atoms with Gasteiger partial charge in [-0.3, -0.25) is 4.79 Å². The molecule has 0 bridgehead atoms. The van der Waals surface area contributed by atoms with Crippen LogP contribution in [0.2, 0.25) is 0 Å². The Labute approximate surface area is 173 Å². The average molecular weight is 410 g/mol. The molecule has 0 aliphatic carbocycles. The second kappa shape index (κ2) is 8.13. The molecule has 30 heavy (non-hydrogen) atoms. The highest BCUT2D eigenvalue weighted by Crippen LogP contribution is 2.32. The molecule has 1 saturated heterocycles. The Bertz CT molecular complexity index is 1060. The number of carbonyl (C=O) groups is 1. The zero-order valence-electron chi connectivity index (χ0n) is 16.7. The van der Waals surface area contributed by atoms with Crippen LogP contribution in [0, 0.1) is 5.92 Å². The van der Waals surface area contributed by atoms with Crippen molar-refractivity contribution in [2.24, 2.45) is 5.92 Å². The van der Waals surface area contributed by atoms with Crippen LogP contribution in [0.4, 0.5) is 8.78 Å². The molecule has 0 saturated carbocycles. The molecular formula is C24H24F2N2O2. The van der Waals surface area contributed by atoms with Crippen LogP contribution in [0.25, 0.3) is 21.9 Å². The number of hydrogen-bond acceptors (Lipinski definition) is 3. The van der Waals surface area contributed by atoms with Crippen LogP contribution in [0.5, 0.6) is 0 Å². The summed E-state index contributed by atoms with van der Waals surface area (Å²) in [5.41, 5.74) is 2.25. The first kappa shape index (κ1) is 20.4. The summed E-state index contributed by atoms with van der Waals surface area (Å²) >= 11 is 0. The number of nitrogens with one attached hydrogen (secondary N) is 2. The lowest BCUT2D eigenvalue weighted by Gasteiger charge is -2.34. The molecule has 1 atom stereocenters. The maximum Gasteiger partial charge on any atom is 0.270 e. The van der Waals surface area contributed by atoms with E-state index in [1.165, 1.54) is 12.1 Å². The molecule has 4 nitrogen and oxygen atoms in total. The van der Waals surface area contributed by atoms with Gasteiger partial charge in [0, 0.05) is 37.1 Å². The van der Waals surface area contributed by atoms with Crippen molar-refractivity contribution in [2.75, 3.05) is 19.7 Å². The number of hydrogen-bond donors (Lipinski definition) is 3. The summed E-state index contributed by atoms with van der Waals surface area (Å²) in [5.74, 6) is -2.85. The fourth-order valence-corrected chi connectivity index (χ4v) is 3.78. The van der Waals surface area contributed by atoms with Gasteiger partial charge in [-0.1, -0.05) is 48.5 Å². The third-order valence-corrected chi connectivity index (χ3v) is 5.74. The summed E-state index contributed by atoms with van der Waals surface area (Å²) in [4.78, 5) is 12.7. The van der Waals surface area contributed by atoms with E-state index >= 15 is 0 Å². The van der Waals surface area contributed by atoms with Gasteiger partial charge in [-0.05, 0) is 34.0 Å². The molecular weight excluding hydrogens is 386 g/mol. The number of aliphatic hydroxyl groups excluding tert-OH is 1. The summed E-state index contributed by atoms with van der Waals surface area (Å²) < 4.78 is 27.0. The first-order chi connectivity index (χ1) is 14.4. The standard InChI is InChI=1S/C24H24F2N2O2/c1-24(25,26)19-8-5-15(6-9-19)20-4-2-3-16-11-17(7-10-21(16)20)23(30)28-22(14-29)18-12-27-13-18/h2-11,18,22,27,29H,12-14H2,1H3,(H,28,30). The molecule has 3 N–H and O–H groups in total. The first-order valence-electron chi connectivity index (χ1n) is 10.0. The lowest BCUT2D eigenvalue weighted by molar-refractivity contribution is 0.0175. The second-order valence-corrected chi connectivity index (χ2v) is 7.89. The number of fused-ring (bicyclic) bond motifs is 1. The van der Waals surface area contributed by atoms with Crippen LogP contribution in [0.3, 0.4) is 0 Å². The number of aliphatic hydroxyl groups is 1. The molecule has 0 spiro atoms. The van der Waals surface area contributed by atoms with Crippen LogP contribution in [0.15, 0.2) is 60.7 Å². The van der Waals surface area contributed by atoms with E-state index in [1.807, 2.05) is 30.3 Å². The topological polar surface area (TPSA) is 61.4 Å². The largest absolute Gasteiger partial charge is 0.394 e. The van der Waals surface area contributed by atoms with Crippen LogP contribution in [0.1, 0.15) is 22.8 Å². The summed E-state index contributed by atoms with van der Waals surface area (Å²) in [6.07, 6.45) is 0. The summed E-state index contributed by atoms with van der Waals surface area (Å²) in [5, 5.41) is 17.5. The fraction of sp³-hybridized carbons (Fsp3) is 0.292. The molecule has 1 amide bonds.